The molecule has 148 valence electrons. The molecule has 0 aliphatic carbocycles. The largest absolute Gasteiger partial charge is 0.573 e. The molecule has 0 saturated heterocycles. The highest BCUT2D eigenvalue weighted by Crippen LogP contribution is 2.23. The van der Waals surface area contributed by atoms with E-state index in [1.807, 2.05) is 0 Å². The van der Waals surface area contributed by atoms with Crippen LogP contribution in [0.5, 0.6) is 5.75 Å². The summed E-state index contributed by atoms with van der Waals surface area (Å²) in [7, 11) is 0. The number of nitro benzene ring substituents is 1. The normalized spacial score (nSPS) is 10.8. The van der Waals surface area contributed by atoms with E-state index in [1.54, 1.807) is 0 Å². The predicted octanol–water partition coefficient (Wildman–Crippen LogP) is 3.25. The summed E-state index contributed by atoms with van der Waals surface area (Å²) in [5, 5.41) is 15.5. The van der Waals surface area contributed by atoms with Crippen molar-refractivity contribution in [1.29, 1.82) is 0 Å². The number of carbonyl (C=O) groups is 2. The summed E-state index contributed by atoms with van der Waals surface area (Å²) in [6.45, 7) is -0.00305. The fourth-order valence-electron chi connectivity index (χ4n) is 2.09. The molecule has 2 N–H and O–H groups in total. The Balaban J connectivity index is 1.77. The molecule has 2 aromatic carbocycles. The molecular formula is C17H14F3N3O5. The van der Waals surface area contributed by atoms with Gasteiger partial charge in [-0.05, 0) is 36.4 Å². The van der Waals surface area contributed by atoms with Crippen molar-refractivity contribution in [3.05, 3.63) is 64.2 Å². The number of hydrogen-bond donors (Lipinski definition) is 2. The second kappa shape index (κ2) is 8.84. The molecule has 0 aliphatic heterocycles. The van der Waals surface area contributed by atoms with Crippen molar-refractivity contribution >= 4 is 23.2 Å². The molecule has 0 saturated carbocycles. The summed E-state index contributed by atoms with van der Waals surface area (Å²) in [5.41, 5.74) is 0.315. The lowest BCUT2D eigenvalue weighted by Crippen LogP contribution is -2.27. The highest BCUT2D eigenvalue weighted by atomic mass is 19.4. The van der Waals surface area contributed by atoms with Gasteiger partial charge in [0, 0.05) is 36.3 Å². The zero-order valence-electron chi connectivity index (χ0n) is 14.2. The first-order valence-corrected chi connectivity index (χ1v) is 7.82. The van der Waals surface area contributed by atoms with Crippen LogP contribution in [0.4, 0.5) is 24.5 Å². The number of ether oxygens (including phenoxy) is 1. The molecule has 0 bridgehead atoms. The van der Waals surface area contributed by atoms with Crippen LogP contribution in [0.2, 0.25) is 0 Å². The SMILES string of the molecule is O=C(CCNC(=O)c1ccc([N+](=O)[O-])cc1)Nc1ccc(OC(F)(F)F)cc1. The maximum atomic E-state index is 12.1. The number of amides is 2. The van der Waals surface area contributed by atoms with Crippen LogP contribution < -0.4 is 15.4 Å². The molecule has 2 amide bonds. The second-order valence-electron chi connectivity index (χ2n) is 5.43. The van der Waals surface area contributed by atoms with Crippen LogP contribution in [-0.4, -0.2) is 29.6 Å². The van der Waals surface area contributed by atoms with Gasteiger partial charge in [-0.1, -0.05) is 0 Å². The Labute approximate surface area is 156 Å². The number of hydrogen-bond acceptors (Lipinski definition) is 5. The van der Waals surface area contributed by atoms with E-state index in [0.717, 1.165) is 12.1 Å². The van der Waals surface area contributed by atoms with E-state index < -0.39 is 28.8 Å². The van der Waals surface area contributed by atoms with E-state index >= 15 is 0 Å². The van der Waals surface area contributed by atoms with E-state index in [4.69, 9.17) is 0 Å². The number of anilines is 1. The molecule has 0 fully saturated rings. The van der Waals surface area contributed by atoms with Crippen molar-refractivity contribution in [3.8, 4) is 5.75 Å². The highest BCUT2D eigenvalue weighted by molar-refractivity contribution is 5.95. The van der Waals surface area contributed by atoms with Gasteiger partial charge in [0.2, 0.25) is 5.91 Å². The fourth-order valence-corrected chi connectivity index (χ4v) is 2.09. The van der Waals surface area contributed by atoms with Crippen molar-refractivity contribution in [3.63, 3.8) is 0 Å². The lowest BCUT2D eigenvalue weighted by atomic mass is 10.2. The molecule has 0 atom stereocenters. The Hall–Kier alpha value is -3.63. The van der Waals surface area contributed by atoms with Gasteiger partial charge in [-0.2, -0.15) is 0 Å². The van der Waals surface area contributed by atoms with Crippen LogP contribution in [0.3, 0.4) is 0 Å². The minimum absolute atomic E-state index is 0.00305. The average molecular weight is 397 g/mol. The van der Waals surface area contributed by atoms with E-state index in [9.17, 15) is 32.9 Å². The monoisotopic (exact) mass is 397 g/mol. The van der Waals surface area contributed by atoms with Crippen LogP contribution in [0.1, 0.15) is 16.8 Å². The van der Waals surface area contributed by atoms with Gasteiger partial charge >= 0.3 is 6.36 Å². The van der Waals surface area contributed by atoms with E-state index in [1.165, 1.54) is 36.4 Å². The van der Waals surface area contributed by atoms with Crippen LogP contribution >= 0.6 is 0 Å². The molecule has 0 spiro atoms. The Morgan fingerprint density at radius 1 is 1.04 bits per heavy atom. The Morgan fingerprint density at radius 2 is 1.64 bits per heavy atom. The molecule has 0 aromatic heterocycles. The molecule has 0 heterocycles. The molecule has 2 rings (SSSR count). The van der Waals surface area contributed by atoms with Gasteiger partial charge in [0.25, 0.3) is 11.6 Å². The van der Waals surface area contributed by atoms with E-state index in [2.05, 4.69) is 15.4 Å². The van der Waals surface area contributed by atoms with Crippen molar-refractivity contribution in [1.82, 2.24) is 5.32 Å². The van der Waals surface area contributed by atoms with Crippen molar-refractivity contribution < 1.29 is 32.4 Å². The summed E-state index contributed by atoms with van der Waals surface area (Å²) < 4.78 is 40.0. The van der Waals surface area contributed by atoms with Gasteiger partial charge in [-0.3, -0.25) is 19.7 Å². The second-order valence-corrected chi connectivity index (χ2v) is 5.43. The van der Waals surface area contributed by atoms with E-state index in [-0.39, 0.29) is 29.9 Å². The minimum atomic E-state index is -4.80. The summed E-state index contributed by atoms with van der Waals surface area (Å²) in [5.74, 6) is -1.38. The number of carbonyl (C=O) groups excluding carboxylic acids is 2. The predicted molar refractivity (Wildman–Crippen MR) is 91.8 cm³/mol. The third-order valence-electron chi connectivity index (χ3n) is 3.35. The maximum Gasteiger partial charge on any atom is 0.573 e. The fraction of sp³-hybridized carbons (Fsp3) is 0.176. The first-order chi connectivity index (χ1) is 13.1. The van der Waals surface area contributed by atoms with Gasteiger partial charge in [-0.25, -0.2) is 0 Å². The molecule has 0 radical (unpaired) electrons. The average Bonchev–Trinajstić information content (AvgIpc) is 2.62. The third kappa shape index (κ3) is 6.59. The summed E-state index contributed by atoms with van der Waals surface area (Å²) in [6, 6.07) is 9.56. The third-order valence-corrected chi connectivity index (χ3v) is 3.35. The molecule has 0 aliphatic rings. The molecule has 11 heteroatoms. The zero-order valence-corrected chi connectivity index (χ0v) is 14.2. The Kier molecular flexibility index (Phi) is 6.53. The lowest BCUT2D eigenvalue weighted by Gasteiger charge is -2.10. The molecule has 8 nitrogen and oxygen atoms in total. The van der Waals surface area contributed by atoms with Crippen molar-refractivity contribution in [2.45, 2.75) is 12.8 Å². The first kappa shape index (κ1) is 20.7. The van der Waals surface area contributed by atoms with Gasteiger partial charge < -0.3 is 15.4 Å². The maximum absolute atomic E-state index is 12.1. The smallest absolute Gasteiger partial charge is 0.406 e. The summed E-state index contributed by atoms with van der Waals surface area (Å²) in [6.07, 6.45) is -4.88. The number of alkyl halides is 3. The number of benzene rings is 2. The van der Waals surface area contributed by atoms with Crippen LogP contribution in [0.15, 0.2) is 48.5 Å². The molecular weight excluding hydrogens is 383 g/mol. The lowest BCUT2D eigenvalue weighted by molar-refractivity contribution is -0.384. The number of non-ortho nitro benzene ring substituents is 1. The van der Waals surface area contributed by atoms with E-state index in [0.29, 0.717) is 0 Å². The van der Waals surface area contributed by atoms with Crippen molar-refractivity contribution in [2.75, 3.05) is 11.9 Å². The summed E-state index contributed by atoms with van der Waals surface area (Å²) >= 11 is 0. The molecule has 28 heavy (non-hydrogen) atoms. The molecule has 0 unspecified atom stereocenters. The first-order valence-electron chi connectivity index (χ1n) is 7.82. The van der Waals surface area contributed by atoms with Gasteiger partial charge in [0.1, 0.15) is 5.75 Å². The van der Waals surface area contributed by atoms with Crippen LogP contribution in [0.25, 0.3) is 0 Å². The molecule has 2 aromatic rings. The Bertz CT molecular complexity index is 852. The summed E-state index contributed by atoms with van der Waals surface area (Å²) in [4.78, 5) is 33.7. The minimum Gasteiger partial charge on any atom is -0.406 e. The number of nitrogens with zero attached hydrogens (tertiary/aromatic N) is 1. The highest BCUT2D eigenvalue weighted by Gasteiger charge is 2.30. The Morgan fingerprint density at radius 3 is 2.18 bits per heavy atom. The number of nitro groups is 1. The number of nitrogens with one attached hydrogen (secondary N) is 2. The zero-order chi connectivity index (χ0) is 20.7. The number of rotatable bonds is 7. The van der Waals surface area contributed by atoms with Gasteiger partial charge in [-0.15, -0.1) is 13.2 Å². The standard InChI is InChI=1S/C17H14F3N3O5/c18-17(19,20)28-14-7-3-12(4-8-14)22-15(24)9-10-21-16(25)11-1-5-13(6-2-11)23(26)27/h1-8H,9-10H2,(H,21,25)(H,22,24). The topological polar surface area (TPSA) is 111 Å². The van der Waals surface area contributed by atoms with Crippen LogP contribution in [-0.2, 0) is 4.79 Å². The quantitative estimate of drug-likeness (QED) is 0.550. The van der Waals surface area contributed by atoms with Crippen molar-refractivity contribution in [2.24, 2.45) is 0 Å². The van der Waals surface area contributed by atoms with Crippen LogP contribution in [0, 0.1) is 10.1 Å². The van der Waals surface area contributed by atoms with Gasteiger partial charge in [0.15, 0.2) is 0 Å². The number of halogens is 3. The van der Waals surface area contributed by atoms with Gasteiger partial charge in [0.05, 0.1) is 4.92 Å².